The molecule has 0 aliphatic carbocycles. The number of carbonyl (C=O) groups excluding carboxylic acids is 2. The Hall–Kier alpha value is -1.24. The lowest BCUT2D eigenvalue weighted by atomic mass is 9.96. The van der Waals surface area contributed by atoms with E-state index in [0.717, 1.165) is 0 Å². The molecule has 2 heterocycles. The number of aliphatic hydroxyl groups is 1. The van der Waals surface area contributed by atoms with Gasteiger partial charge in [-0.15, -0.1) is 0 Å². The molecule has 1 saturated heterocycles. The van der Waals surface area contributed by atoms with Gasteiger partial charge in [0.1, 0.15) is 6.10 Å². The first-order valence-corrected chi connectivity index (χ1v) is 6.34. The number of allylic oxidation sites excluding steroid dienone is 1. The summed E-state index contributed by atoms with van der Waals surface area (Å²) < 4.78 is 11.1. The predicted octanol–water partition coefficient (Wildman–Crippen LogP) is 0.0583. The van der Waals surface area contributed by atoms with E-state index in [1.807, 2.05) is 6.92 Å². The molecule has 106 valence electrons. The fraction of sp³-hybridized carbons (Fsp3) is 0.692. The molecule has 1 amide bonds. The quantitative estimate of drug-likeness (QED) is 0.733. The van der Waals surface area contributed by atoms with Gasteiger partial charge in [0, 0.05) is 19.2 Å². The molecule has 0 aromatic rings. The topological polar surface area (TPSA) is 76.1 Å². The summed E-state index contributed by atoms with van der Waals surface area (Å²) in [5.41, 5.74) is 0. The maximum atomic E-state index is 11.9. The number of ether oxygens (including phenoxy) is 2. The monoisotopic (exact) mass is 269 g/mol. The molecule has 2 aliphatic heterocycles. The van der Waals surface area contributed by atoms with Crippen LogP contribution in [0.4, 0.5) is 0 Å². The number of rotatable bonds is 3. The Morgan fingerprint density at radius 2 is 2.21 bits per heavy atom. The van der Waals surface area contributed by atoms with E-state index in [1.165, 1.54) is 17.2 Å². The van der Waals surface area contributed by atoms with Crippen LogP contribution in [0.15, 0.2) is 12.3 Å². The first kappa shape index (κ1) is 14.2. The van der Waals surface area contributed by atoms with E-state index in [2.05, 4.69) is 0 Å². The van der Waals surface area contributed by atoms with Crippen molar-refractivity contribution in [2.24, 2.45) is 5.92 Å². The summed E-state index contributed by atoms with van der Waals surface area (Å²) in [4.78, 5) is 24.5. The summed E-state index contributed by atoms with van der Waals surface area (Å²) in [6, 6.07) is 0. The Labute approximate surface area is 112 Å². The number of hydrogen-bond acceptors (Lipinski definition) is 5. The number of ketones is 1. The van der Waals surface area contributed by atoms with Gasteiger partial charge in [-0.25, -0.2) is 0 Å². The minimum absolute atomic E-state index is 0.0474. The van der Waals surface area contributed by atoms with E-state index in [4.69, 9.17) is 9.47 Å². The van der Waals surface area contributed by atoms with Gasteiger partial charge in [0.2, 0.25) is 5.91 Å². The van der Waals surface area contributed by atoms with Gasteiger partial charge in [0.05, 0.1) is 18.6 Å². The summed E-state index contributed by atoms with van der Waals surface area (Å²) in [5, 5.41) is 9.70. The smallest absolute Gasteiger partial charge is 0.236 e. The van der Waals surface area contributed by atoms with Crippen LogP contribution >= 0.6 is 0 Å². The molecule has 0 aromatic carbocycles. The van der Waals surface area contributed by atoms with Crippen molar-refractivity contribution in [3.63, 3.8) is 0 Å². The lowest BCUT2D eigenvalue weighted by Gasteiger charge is -2.30. The van der Waals surface area contributed by atoms with Crippen LogP contribution in [0.2, 0.25) is 0 Å². The molecule has 1 fully saturated rings. The van der Waals surface area contributed by atoms with E-state index >= 15 is 0 Å². The van der Waals surface area contributed by atoms with Crippen LogP contribution in [-0.2, 0) is 19.1 Å². The molecule has 2 rings (SSSR count). The highest BCUT2D eigenvalue weighted by Crippen LogP contribution is 2.33. The molecular weight excluding hydrogens is 250 g/mol. The van der Waals surface area contributed by atoms with Gasteiger partial charge in [-0.2, -0.15) is 0 Å². The zero-order valence-corrected chi connectivity index (χ0v) is 11.3. The summed E-state index contributed by atoms with van der Waals surface area (Å²) in [5.74, 6) is -0.569. The summed E-state index contributed by atoms with van der Waals surface area (Å²) in [6.45, 7) is 3.56. The van der Waals surface area contributed by atoms with Crippen LogP contribution in [0.1, 0.15) is 20.3 Å². The third-order valence-electron chi connectivity index (χ3n) is 3.67. The molecule has 6 heteroatoms. The average Bonchev–Trinajstić information content (AvgIpc) is 2.66. The Morgan fingerprint density at radius 1 is 1.53 bits per heavy atom. The minimum Gasteiger partial charge on any atom is -0.391 e. The van der Waals surface area contributed by atoms with Crippen molar-refractivity contribution < 1.29 is 24.2 Å². The van der Waals surface area contributed by atoms with Gasteiger partial charge in [0.25, 0.3) is 0 Å². The fourth-order valence-corrected chi connectivity index (χ4v) is 2.69. The second-order valence-electron chi connectivity index (χ2n) is 5.05. The molecule has 19 heavy (non-hydrogen) atoms. The Kier molecular flexibility index (Phi) is 4.03. The molecule has 0 radical (unpaired) electrons. The van der Waals surface area contributed by atoms with Gasteiger partial charge in [-0.3, -0.25) is 14.5 Å². The number of amides is 1. The first-order chi connectivity index (χ1) is 8.95. The lowest BCUT2D eigenvalue weighted by Crippen LogP contribution is -2.45. The molecule has 0 saturated carbocycles. The summed E-state index contributed by atoms with van der Waals surface area (Å²) >= 11 is 0. The van der Waals surface area contributed by atoms with E-state index in [9.17, 15) is 14.7 Å². The first-order valence-electron chi connectivity index (χ1n) is 6.34. The third-order valence-corrected chi connectivity index (χ3v) is 3.67. The van der Waals surface area contributed by atoms with Crippen LogP contribution in [-0.4, -0.2) is 53.3 Å². The van der Waals surface area contributed by atoms with Crippen molar-refractivity contribution >= 4 is 11.7 Å². The van der Waals surface area contributed by atoms with Crippen LogP contribution in [0.25, 0.3) is 0 Å². The standard InChI is InChI=1S/C13H19NO5/c1-7-11(8(2)15)19-13(12(7)18-3)14-5-4-9(16)6-10(14)17/h4-5,7-8,11-13,15H,6H2,1-3H3/t7-,8-,11+,12-,13-/m1/s1. The maximum Gasteiger partial charge on any atom is 0.236 e. The van der Waals surface area contributed by atoms with Crippen molar-refractivity contribution in [2.45, 2.75) is 44.8 Å². The van der Waals surface area contributed by atoms with Gasteiger partial charge in [-0.1, -0.05) is 6.92 Å². The van der Waals surface area contributed by atoms with E-state index in [1.54, 1.807) is 14.0 Å². The van der Waals surface area contributed by atoms with Crippen molar-refractivity contribution in [3.05, 3.63) is 12.3 Å². The summed E-state index contributed by atoms with van der Waals surface area (Å²) in [6.07, 6.45) is 0.662. The highest BCUT2D eigenvalue weighted by Gasteiger charge is 2.48. The highest BCUT2D eigenvalue weighted by atomic mass is 16.6. The molecule has 6 nitrogen and oxygen atoms in total. The van der Waals surface area contributed by atoms with Crippen molar-refractivity contribution in [2.75, 3.05) is 7.11 Å². The normalized spacial score (nSPS) is 36.9. The van der Waals surface area contributed by atoms with E-state index < -0.39 is 18.4 Å². The Balaban J connectivity index is 2.21. The Morgan fingerprint density at radius 3 is 2.74 bits per heavy atom. The number of carbonyl (C=O) groups is 2. The fourth-order valence-electron chi connectivity index (χ4n) is 2.69. The van der Waals surface area contributed by atoms with E-state index in [0.29, 0.717) is 0 Å². The van der Waals surface area contributed by atoms with Crippen LogP contribution in [0.5, 0.6) is 0 Å². The molecule has 0 aromatic heterocycles. The van der Waals surface area contributed by atoms with Crippen LogP contribution in [0, 0.1) is 5.92 Å². The zero-order chi connectivity index (χ0) is 14.2. The average molecular weight is 269 g/mol. The second-order valence-corrected chi connectivity index (χ2v) is 5.05. The number of aliphatic hydroxyl groups excluding tert-OH is 1. The molecular formula is C13H19NO5. The number of nitrogens with zero attached hydrogens (tertiary/aromatic N) is 1. The third kappa shape index (κ3) is 2.56. The van der Waals surface area contributed by atoms with Crippen molar-refractivity contribution in [1.82, 2.24) is 4.90 Å². The largest absolute Gasteiger partial charge is 0.391 e. The van der Waals surface area contributed by atoms with Gasteiger partial charge >= 0.3 is 0 Å². The molecule has 0 spiro atoms. The Bertz CT molecular complexity index is 406. The van der Waals surface area contributed by atoms with Gasteiger partial charge in [-0.05, 0) is 13.0 Å². The van der Waals surface area contributed by atoms with Crippen LogP contribution in [0.3, 0.4) is 0 Å². The molecule has 5 atom stereocenters. The highest BCUT2D eigenvalue weighted by molar-refractivity contribution is 6.06. The lowest BCUT2D eigenvalue weighted by molar-refractivity contribution is -0.151. The zero-order valence-electron chi connectivity index (χ0n) is 11.3. The molecule has 0 bridgehead atoms. The predicted molar refractivity (Wildman–Crippen MR) is 65.9 cm³/mol. The van der Waals surface area contributed by atoms with Crippen LogP contribution < -0.4 is 0 Å². The molecule has 0 unspecified atom stereocenters. The van der Waals surface area contributed by atoms with Crippen molar-refractivity contribution in [3.8, 4) is 0 Å². The maximum absolute atomic E-state index is 11.9. The minimum atomic E-state index is -0.650. The van der Waals surface area contributed by atoms with E-state index in [-0.39, 0.29) is 30.1 Å². The van der Waals surface area contributed by atoms with Gasteiger partial charge in [0.15, 0.2) is 12.0 Å². The molecule has 2 aliphatic rings. The van der Waals surface area contributed by atoms with Gasteiger partial charge < -0.3 is 14.6 Å². The number of hydrogen-bond donors (Lipinski definition) is 1. The SMILES string of the molecule is CO[C@@H]1[C@H](C)[C@@H]([C@@H](C)O)O[C@H]1N1C=CC(=O)CC1=O. The van der Waals surface area contributed by atoms with Crippen molar-refractivity contribution in [1.29, 1.82) is 0 Å². The second kappa shape index (κ2) is 5.40. The number of methoxy groups -OCH3 is 1. The summed E-state index contributed by atoms with van der Waals surface area (Å²) in [7, 11) is 1.55. The molecule has 1 N–H and O–H groups in total.